The molecule has 614 valence electrons. The van der Waals surface area contributed by atoms with Gasteiger partial charge in [-0.25, -0.2) is 9.13 Å². The minimum atomic E-state index is -4.97. The first-order valence-electron chi connectivity index (χ1n) is 43.4. The SMILES string of the molecule is CCCCCC/C=C\C=C/CCCCCCCC(=O)OC[C@H](COP(=O)(O)OC[C@@H](O)COP(=O)(O)OC[C@@H](COC(=O)CCCCCCCCCCCCCCC)OC(=O)CCCCCCCCCCCCC(C)CC)OC(=O)CCCCCCCCCCCCCCCCCCCCC(C)CC. The van der Waals surface area contributed by atoms with Gasteiger partial charge in [0.15, 0.2) is 12.2 Å². The molecule has 0 bridgehead atoms. The summed E-state index contributed by atoms with van der Waals surface area (Å²) in [5.41, 5.74) is 0. The Morgan fingerprint density at radius 2 is 0.538 bits per heavy atom. The molecule has 0 aliphatic heterocycles. The van der Waals surface area contributed by atoms with E-state index < -0.39 is 97.5 Å². The van der Waals surface area contributed by atoms with Crippen molar-refractivity contribution in [1.82, 2.24) is 0 Å². The smallest absolute Gasteiger partial charge is 0.462 e. The van der Waals surface area contributed by atoms with Crippen LogP contribution in [0.5, 0.6) is 0 Å². The van der Waals surface area contributed by atoms with Crippen molar-refractivity contribution in [3.8, 4) is 0 Å². The second-order valence-corrected chi connectivity index (χ2v) is 33.3. The molecule has 0 aliphatic carbocycles. The average molecular weight is 1520 g/mol. The first kappa shape index (κ1) is 102. The van der Waals surface area contributed by atoms with Gasteiger partial charge in [0, 0.05) is 25.7 Å². The van der Waals surface area contributed by atoms with E-state index in [1.807, 2.05) is 0 Å². The number of ether oxygens (including phenoxy) is 4. The molecular weight excluding hydrogens is 1350 g/mol. The summed E-state index contributed by atoms with van der Waals surface area (Å²) in [6.45, 7) is 9.69. The molecule has 0 amide bonds. The van der Waals surface area contributed by atoms with Gasteiger partial charge < -0.3 is 33.8 Å². The third kappa shape index (κ3) is 75.0. The second-order valence-electron chi connectivity index (χ2n) is 30.4. The van der Waals surface area contributed by atoms with Crippen molar-refractivity contribution in [2.45, 2.75) is 445 Å². The van der Waals surface area contributed by atoms with Crippen LogP contribution in [-0.4, -0.2) is 96.7 Å². The molecule has 0 radical (unpaired) electrons. The lowest BCUT2D eigenvalue weighted by atomic mass is 9.99. The number of hydrogen-bond acceptors (Lipinski definition) is 15. The maximum absolute atomic E-state index is 13.1. The fourth-order valence-electron chi connectivity index (χ4n) is 12.6. The van der Waals surface area contributed by atoms with Gasteiger partial charge in [0.05, 0.1) is 26.4 Å². The van der Waals surface area contributed by atoms with Gasteiger partial charge >= 0.3 is 39.5 Å². The number of unbranched alkanes of at least 4 members (excludes halogenated alkanes) is 47. The van der Waals surface area contributed by atoms with Gasteiger partial charge in [0.2, 0.25) is 0 Å². The van der Waals surface area contributed by atoms with Crippen LogP contribution in [0.1, 0.15) is 427 Å². The van der Waals surface area contributed by atoms with Crippen LogP contribution in [0.15, 0.2) is 24.3 Å². The molecule has 4 unspecified atom stereocenters. The number of phosphoric acid groups is 2. The highest BCUT2D eigenvalue weighted by Crippen LogP contribution is 2.45. The number of aliphatic hydroxyl groups is 1. The molecule has 0 aromatic heterocycles. The van der Waals surface area contributed by atoms with Crippen molar-refractivity contribution >= 4 is 39.5 Å². The first-order valence-corrected chi connectivity index (χ1v) is 46.4. The highest BCUT2D eigenvalue weighted by Gasteiger charge is 2.30. The van der Waals surface area contributed by atoms with Gasteiger partial charge in [-0.2, -0.15) is 0 Å². The molecule has 17 nitrogen and oxygen atoms in total. The number of carbonyl (C=O) groups is 4. The molecule has 0 saturated heterocycles. The van der Waals surface area contributed by atoms with Crippen molar-refractivity contribution in [1.29, 1.82) is 0 Å². The molecule has 104 heavy (non-hydrogen) atoms. The molecule has 0 heterocycles. The quantitative estimate of drug-likeness (QED) is 0.0169. The summed E-state index contributed by atoms with van der Waals surface area (Å²) in [6, 6.07) is 0. The molecular formula is C85H162O17P2. The highest BCUT2D eigenvalue weighted by molar-refractivity contribution is 7.47. The third-order valence-electron chi connectivity index (χ3n) is 20.1. The molecule has 7 atom stereocenters. The Balaban J connectivity index is 5.27. The van der Waals surface area contributed by atoms with E-state index in [1.165, 1.54) is 225 Å². The standard InChI is InChI=1S/C85H162O17P2/c1-7-11-13-15-17-19-21-23-28-33-37-44-50-56-62-68-83(88)96-73-80(101-84(89)69-63-57-51-45-38-34-30-27-25-24-26-29-32-35-41-47-53-59-65-77(5)9-3)75-99-103(91,92)97-71-79(86)72-98-104(93,94)100-76-81(74-95-82(87)67-61-55-49-43-36-31-22-20-18-16-14-12-8-2)102-85(90)70-64-58-52-46-40-39-42-48-54-60-66-78(6)10-4/h19,21,23,28,77-81,86H,7-18,20,22,24-27,29-76H2,1-6H3,(H,91,92)(H,93,94)/b21-19-,28-23-/t77?,78?,79-,80-,81-/m1/s1. The van der Waals surface area contributed by atoms with Gasteiger partial charge in [0.25, 0.3) is 0 Å². The van der Waals surface area contributed by atoms with Crippen LogP contribution in [0, 0.1) is 11.8 Å². The Morgan fingerprint density at radius 1 is 0.308 bits per heavy atom. The minimum absolute atomic E-state index is 0.102. The molecule has 0 spiro atoms. The van der Waals surface area contributed by atoms with Crippen LogP contribution in [0.4, 0.5) is 0 Å². The summed E-state index contributed by atoms with van der Waals surface area (Å²) in [6.07, 6.45) is 70.0. The average Bonchev–Trinajstić information content (AvgIpc) is 0.904. The van der Waals surface area contributed by atoms with Crippen molar-refractivity contribution in [2.75, 3.05) is 39.6 Å². The maximum Gasteiger partial charge on any atom is 0.472 e. The zero-order chi connectivity index (χ0) is 76.4. The van der Waals surface area contributed by atoms with Gasteiger partial charge in [-0.05, 0) is 63.2 Å². The second kappa shape index (κ2) is 75.9. The van der Waals surface area contributed by atoms with Crippen molar-refractivity contribution in [2.24, 2.45) is 11.8 Å². The van der Waals surface area contributed by atoms with Crippen LogP contribution in [0.25, 0.3) is 0 Å². The molecule has 0 fully saturated rings. The molecule has 0 aromatic carbocycles. The Labute approximate surface area is 637 Å². The first-order chi connectivity index (χ1) is 50.4. The lowest BCUT2D eigenvalue weighted by molar-refractivity contribution is -0.161. The van der Waals surface area contributed by atoms with E-state index in [0.717, 1.165) is 121 Å². The number of esters is 4. The Bertz CT molecular complexity index is 2090. The fraction of sp³-hybridized carbons (Fsp3) is 0.906. The number of hydrogen-bond donors (Lipinski definition) is 3. The Morgan fingerprint density at radius 3 is 0.817 bits per heavy atom. The van der Waals surface area contributed by atoms with Crippen molar-refractivity contribution in [3.63, 3.8) is 0 Å². The van der Waals surface area contributed by atoms with Gasteiger partial charge in [-0.3, -0.25) is 37.3 Å². The number of carbonyl (C=O) groups excluding carboxylic acids is 4. The summed E-state index contributed by atoms with van der Waals surface area (Å²) in [5.74, 6) is -0.462. The van der Waals surface area contributed by atoms with Crippen LogP contribution < -0.4 is 0 Å². The normalized spacial score (nSPS) is 14.5. The van der Waals surface area contributed by atoms with E-state index in [2.05, 4.69) is 65.8 Å². The lowest BCUT2D eigenvalue weighted by Gasteiger charge is -2.21. The van der Waals surface area contributed by atoms with Gasteiger partial charge in [-0.1, -0.05) is 374 Å². The summed E-state index contributed by atoms with van der Waals surface area (Å²) in [4.78, 5) is 73.2. The van der Waals surface area contributed by atoms with Crippen LogP contribution in [0.2, 0.25) is 0 Å². The Kier molecular flexibility index (Phi) is 74.1. The zero-order valence-corrected chi connectivity index (χ0v) is 69.6. The van der Waals surface area contributed by atoms with E-state index in [4.69, 9.17) is 37.0 Å². The fourth-order valence-corrected chi connectivity index (χ4v) is 14.2. The number of rotatable bonds is 82. The van der Waals surface area contributed by atoms with E-state index in [-0.39, 0.29) is 25.7 Å². The van der Waals surface area contributed by atoms with Crippen LogP contribution >= 0.6 is 15.6 Å². The van der Waals surface area contributed by atoms with E-state index in [9.17, 15) is 43.2 Å². The summed E-state index contributed by atoms with van der Waals surface area (Å²) < 4.78 is 68.8. The number of phosphoric ester groups is 2. The largest absolute Gasteiger partial charge is 0.472 e. The monoisotopic (exact) mass is 1520 g/mol. The molecule has 19 heteroatoms. The van der Waals surface area contributed by atoms with E-state index in [1.54, 1.807) is 0 Å². The third-order valence-corrected chi connectivity index (χ3v) is 22.0. The number of aliphatic hydroxyl groups excluding tert-OH is 1. The van der Waals surface area contributed by atoms with Crippen molar-refractivity contribution < 1.29 is 80.2 Å². The Hall–Kier alpha value is -2.46. The highest BCUT2D eigenvalue weighted by atomic mass is 31.2. The van der Waals surface area contributed by atoms with Gasteiger partial charge in [-0.15, -0.1) is 0 Å². The predicted molar refractivity (Wildman–Crippen MR) is 427 cm³/mol. The molecule has 3 N–H and O–H groups in total. The lowest BCUT2D eigenvalue weighted by Crippen LogP contribution is -2.30. The summed E-state index contributed by atoms with van der Waals surface area (Å²) in [5, 5.41) is 10.7. The molecule has 0 rings (SSSR count). The topological polar surface area (TPSA) is 237 Å². The van der Waals surface area contributed by atoms with Crippen LogP contribution in [-0.2, 0) is 65.4 Å². The molecule has 0 aliphatic rings. The molecule has 0 aromatic rings. The van der Waals surface area contributed by atoms with Crippen LogP contribution in [0.3, 0.4) is 0 Å². The van der Waals surface area contributed by atoms with Crippen molar-refractivity contribution in [3.05, 3.63) is 24.3 Å². The maximum atomic E-state index is 13.1. The summed E-state index contributed by atoms with van der Waals surface area (Å²) in [7, 11) is -9.94. The molecule has 0 saturated carbocycles. The summed E-state index contributed by atoms with van der Waals surface area (Å²) >= 11 is 0. The van der Waals surface area contributed by atoms with E-state index in [0.29, 0.717) is 25.7 Å². The van der Waals surface area contributed by atoms with E-state index >= 15 is 0 Å². The predicted octanol–water partition coefficient (Wildman–Crippen LogP) is 25.4. The van der Waals surface area contributed by atoms with Gasteiger partial charge in [0.1, 0.15) is 19.3 Å². The zero-order valence-electron chi connectivity index (χ0n) is 67.8. The number of allylic oxidation sites excluding steroid dienone is 4. The minimum Gasteiger partial charge on any atom is -0.462 e.